The van der Waals surface area contributed by atoms with Gasteiger partial charge < -0.3 is 4.90 Å². The number of fused-ring (bicyclic) bond motifs is 8. The Bertz CT molecular complexity index is 2950. The van der Waals surface area contributed by atoms with Crippen molar-refractivity contribution in [1.29, 1.82) is 0 Å². The summed E-state index contributed by atoms with van der Waals surface area (Å²) < 4.78 is 2.61. The maximum atomic E-state index is 2.41. The van der Waals surface area contributed by atoms with E-state index in [-0.39, 0.29) is 5.41 Å². The lowest BCUT2D eigenvalue weighted by Gasteiger charge is -2.27. The molecule has 0 N–H and O–H groups in total. The van der Waals surface area contributed by atoms with Crippen molar-refractivity contribution in [3.63, 3.8) is 0 Å². The zero-order chi connectivity index (χ0) is 35.5. The molecule has 0 aliphatic rings. The van der Waals surface area contributed by atoms with E-state index in [4.69, 9.17) is 0 Å². The van der Waals surface area contributed by atoms with Gasteiger partial charge in [-0.15, -0.1) is 11.3 Å². The quantitative estimate of drug-likeness (QED) is 0.157. The number of hydrogen-bond donors (Lipinski definition) is 0. The SMILES string of the molecule is CC(C)(c1ccccc1)c1ccc(-c2ccc(N(c3ccc4c(ccc5c6ccccc6ccc45)c3)c3ccc4c(c3)sc3ccccc34)cc2)cc1. The molecule has 10 aromatic rings. The van der Waals surface area contributed by atoms with Gasteiger partial charge in [-0.2, -0.15) is 0 Å². The largest absolute Gasteiger partial charge is 0.310 e. The van der Waals surface area contributed by atoms with Crippen molar-refractivity contribution in [3.05, 3.63) is 199 Å². The standard InChI is InChI=1S/C51H37NS/c1-51(2,38-11-4-3-5-12-38)39-22-16-34(17-23-39)35-18-24-40(25-19-35)52(42-27-31-48-47-14-8-9-15-49(47)53-50(48)33-42)41-26-30-44-37(32-41)21-29-45-43-13-7-6-10-36(43)20-28-46(44)45/h3-33H,1-2H3. The van der Waals surface area contributed by atoms with Crippen LogP contribution in [-0.2, 0) is 5.41 Å². The zero-order valence-electron chi connectivity index (χ0n) is 29.8. The summed E-state index contributed by atoms with van der Waals surface area (Å²) >= 11 is 1.86. The van der Waals surface area contributed by atoms with Crippen molar-refractivity contribution in [2.75, 3.05) is 4.90 Å². The summed E-state index contributed by atoms with van der Waals surface area (Å²) in [6.07, 6.45) is 0. The lowest BCUT2D eigenvalue weighted by molar-refractivity contribution is 0.641. The van der Waals surface area contributed by atoms with E-state index >= 15 is 0 Å². The van der Waals surface area contributed by atoms with Crippen LogP contribution in [0, 0.1) is 0 Å². The molecule has 252 valence electrons. The van der Waals surface area contributed by atoms with Gasteiger partial charge in [-0.3, -0.25) is 0 Å². The van der Waals surface area contributed by atoms with Crippen LogP contribution in [0.2, 0.25) is 0 Å². The fraction of sp³-hybridized carbons (Fsp3) is 0.0588. The Morgan fingerprint density at radius 1 is 0.358 bits per heavy atom. The molecule has 0 atom stereocenters. The van der Waals surface area contributed by atoms with Crippen LogP contribution in [0.4, 0.5) is 17.1 Å². The molecular weight excluding hydrogens is 659 g/mol. The molecule has 2 heteroatoms. The van der Waals surface area contributed by atoms with Crippen molar-refractivity contribution < 1.29 is 0 Å². The normalized spacial score (nSPS) is 12.0. The van der Waals surface area contributed by atoms with Crippen LogP contribution in [0.1, 0.15) is 25.0 Å². The minimum atomic E-state index is -0.0698. The van der Waals surface area contributed by atoms with E-state index in [0.29, 0.717) is 0 Å². The molecule has 1 nitrogen and oxygen atoms in total. The molecular formula is C51H37NS. The van der Waals surface area contributed by atoms with E-state index in [1.54, 1.807) is 0 Å². The van der Waals surface area contributed by atoms with Crippen LogP contribution in [0.5, 0.6) is 0 Å². The van der Waals surface area contributed by atoms with Crippen LogP contribution in [0.3, 0.4) is 0 Å². The highest BCUT2D eigenvalue weighted by molar-refractivity contribution is 7.25. The maximum absolute atomic E-state index is 2.41. The van der Waals surface area contributed by atoms with E-state index in [0.717, 1.165) is 17.1 Å². The number of rotatable bonds is 6. The number of hydrogen-bond acceptors (Lipinski definition) is 2. The van der Waals surface area contributed by atoms with Gasteiger partial charge in [-0.1, -0.05) is 159 Å². The van der Waals surface area contributed by atoms with Gasteiger partial charge in [0.25, 0.3) is 0 Å². The summed E-state index contributed by atoms with van der Waals surface area (Å²) in [6, 6.07) is 69.3. The smallest absolute Gasteiger partial charge is 0.0476 e. The van der Waals surface area contributed by atoms with E-state index in [1.165, 1.54) is 74.7 Å². The molecule has 0 amide bonds. The molecule has 10 rings (SSSR count). The lowest BCUT2D eigenvalue weighted by atomic mass is 9.78. The van der Waals surface area contributed by atoms with Gasteiger partial charge in [0.15, 0.2) is 0 Å². The second kappa shape index (κ2) is 12.5. The van der Waals surface area contributed by atoms with Crippen LogP contribution in [0.15, 0.2) is 188 Å². The fourth-order valence-electron chi connectivity index (χ4n) is 8.16. The van der Waals surface area contributed by atoms with Crippen LogP contribution >= 0.6 is 11.3 Å². The van der Waals surface area contributed by atoms with Gasteiger partial charge in [0.1, 0.15) is 0 Å². The van der Waals surface area contributed by atoms with Crippen LogP contribution < -0.4 is 4.90 Å². The van der Waals surface area contributed by atoms with E-state index in [1.807, 2.05) is 11.3 Å². The minimum Gasteiger partial charge on any atom is -0.310 e. The van der Waals surface area contributed by atoms with E-state index in [9.17, 15) is 0 Å². The molecule has 0 aliphatic heterocycles. The topological polar surface area (TPSA) is 3.24 Å². The number of nitrogens with zero attached hydrogens (tertiary/aromatic N) is 1. The number of thiophene rings is 1. The summed E-state index contributed by atoms with van der Waals surface area (Å²) in [5, 5.41) is 10.3. The Kier molecular flexibility index (Phi) is 7.42. The Hall–Kier alpha value is -6.22. The summed E-state index contributed by atoms with van der Waals surface area (Å²) in [6.45, 7) is 4.60. The first-order chi connectivity index (χ1) is 26.0. The van der Waals surface area contributed by atoms with E-state index in [2.05, 4.69) is 207 Å². The average Bonchev–Trinajstić information content (AvgIpc) is 3.59. The van der Waals surface area contributed by atoms with Gasteiger partial charge in [0, 0.05) is 42.6 Å². The molecule has 0 spiro atoms. The zero-order valence-corrected chi connectivity index (χ0v) is 30.6. The highest BCUT2D eigenvalue weighted by Crippen LogP contribution is 2.43. The first-order valence-electron chi connectivity index (χ1n) is 18.3. The van der Waals surface area contributed by atoms with Crippen molar-refractivity contribution in [1.82, 2.24) is 0 Å². The molecule has 0 radical (unpaired) electrons. The van der Waals surface area contributed by atoms with Gasteiger partial charge in [0.05, 0.1) is 0 Å². The highest BCUT2D eigenvalue weighted by Gasteiger charge is 2.23. The summed E-state index contributed by atoms with van der Waals surface area (Å²) in [4.78, 5) is 2.41. The highest BCUT2D eigenvalue weighted by atomic mass is 32.1. The molecule has 9 aromatic carbocycles. The molecule has 1 heterocycles. The first kappa shape index (κ1) is 31.5. The Morgan fingerprint density at radius 3 is 1.62 bits per heavy atom. The molecule has 53 heavy (non-hydrogen) atoms. The predicted molar refractivity (Wildman–Crippen MR) is 231 cm³/mol. The van der Waals surface area contributed by atoms with Crippen LogP contribution in [0.25, 0.3) is 63.6 Å². The third-order valence-corrected chi connectivity index (χ3v) is 12.3. The second-order valence-corrected chi connectivity index (χ2v) is 15.7. The third-order valence-electron chi connectivity index (χ3n) is 11.2. The number of benzene rings is 9. The average molecular weight is 696 g/mol. The van der Waals surface area contributed by atoms with Gasteiger partial charge in [0.2, 0.25) is 0 Å². The Morgan fingerprint density at radius 2 is 0.868 bits per heavy atom. The first-order valence-corrected chi connectivity index (χ1v) is 19.2. The molecule has 0 aliphatic carbocycles. The second-order valence-electron chi connectivity index (χ2n) is 14.6. The molecule has 1 aromatic heterocycles. The Balaban J connectivity index is 1.06. The fourth-order valence-corrected chi connectivity index (χ4v) is 9.30. The predicted octanol–water partition coefficient (Wildman–Crippen LogP) is 15.0. The third kappa shape index (κ3) is 5.37. The molecule has 0 saturated carbocycles. The van der Waals surface area contributed by atoms with Gasteiger partial charge in [-0.05, 0) is 97.0 Å². The van der Waals surface area contributed by atoms with Crippen molar-refractivity contribution in [3.8, 4) is 11.1 Å². The Labute approximate surface area is 314 Å². The summed E-state index contributed by atoms with van der Waals surface area (Å²) in [5.41, 5.74) is 8.39. The minimum absolute atomic E-state index is 0.0698. The van der Waals surface area contributed by atoms with Gasteiger partial charge in [-0.25, -0.2) is 0 Å². The molecule has 0 fully saturated rings. The van der Waals surface area contributed by atoms with E-state index < -0.39 is 0 Å². The van der Waals surface area contributed by atoms with Crippen molar-refractivity contribution in [2.45, 2.75) is 19.3 Å². The monoisotopic (exact) mass is 695 g/mol. The van der Waals surface area contributed by atoms with Crippen molar-refractivity contribution >= 4 is 80.9 Å². The number of anilines is 3. The summed E-state index contributed by atoms with van der Waals surface area (Å²) in [5.74, 6) is 0. The maximum Gasteiger partial charge on any atom is 0.0476 e. The molecule has 0 bridgehead atoms. The molecule has 0 unspecified atom stereocenters. The lowest BCUT2D eigenvalue weighted by Crippen LogP contribution is -2.18. The summed E-state index contributed by atoms with van der Waals surface area (Å²) in [7, 11) is 0. The van der Waals surface area contributed by atoms with Gasteiger partial charge >= 0.3 is 0 Å². The van der Waals surface area contributed by atoms with Crippen molar-refractivity contribution in [2.24, 2.45) is 0 Å². The molecule has 0 saturated heterocycles. The van der Waals surface area contributed by atoms with Crippen LogP contribution in [-0.4, -0.2) is 0 Å².